The predicted octanol–water partition coefficient (Wildman–Crippen LogP) is 6.14. The zero-order chi connectivity index (χ0) is 27.6. The molecular formula is C31H28FN3O3S. The van der Waals surface area contributed by atoms with Gasteiger partial charge in [-0.1, -0.05) is 66.7 Å². The van der Waals surface area contributed by atoms with Crippen LogP contribution in [0, 0.1) is 18.2 Å². The number of aromatic nitrogens is 1. The maximum absolute atomic E-state index is 16.5. The SMILES string of the molecule is Cc1ccccc1-c1c(F)c2c(C=N)c(NS(=O)(=O)c3ccccc3)ccc2n1Cc1ccc(CCO)cc1. The lowest BCUT2D eigenvalue weighted by Crippen LogP contribution is -2.14. The van der Waals surface area contributed by atoms with Crippen LogP contribution in [0.4, 0.5) is 10.1 Å². The molecule has 0 atom stereocenters. The number of benzene rings is 4. The number of nitrogens with one attached hydrogen (secondary N) is 2. The average molecular weight is 542 g/mol. The smallest absolute Gasteiger partial charge is 0.261 e. The third kappa shape index (κ3) is 5.08. The molecule has 0 aliphatic heterocycles. The molecule has 0 bridgehead atoms. The summed E-state index contributed by atoms with van der Waals surface area (Å²) in [6.07, 6.45) is 1.55. The van der Waals surface area contributed by atoms with E-state index in [1.54, 1.807) is 30.3 Å². The molecule has 0 saturated carbocycles. The van der Waals surface area contributed by atoms with Crippen LogP contribution in [-0.4, -0.2) is 30.9 Å². The number of halogens is 1. The minimum absolute atomic E-state index is 0.0625. The van der Waals surface area contributed by atoms with Gasteiger partial charge in [-0.2, -0.15) is 0 Å². The van der Waals surface area contributed by atoms with Crippen molar-refractivity contribution in [2.45, 2.75) is 24.8 Å². The van der Waals surface area contributed by atoms with Gasteiger partial charge in [-0.05, 0) is 54.3 Å². The van der Waals surface area contributed by atoms with Crippen LogP contribution in [0.15, 0.2) is 95.9 Å². The van der Waals surface area contributed by atoms with Crippen molar-refractivity contribution in [1.82, 2.24) is 4.57 Å². The Bertz CT molecular complexity index is 1760. The topological polar surface area (TPSA) is 95.2 Å². The largest absolute Gasteiger partial charge is 0.396 e. The van der Waals surface area contributed by atoms with E-state index in [0.717, 1.165) is 22.9 Å². The Kier molecular flexibility index (Phi) is 7.32. The second kappa shape index (κ2) is 10.8. The molecule has 6 nitrogen and oxygen atoms in total. The van der Waals surface area contributed by atoms with Gasteiger partial charge in [0, 0.05) is 35.9 Å². The van der Waals surface area contributed by atoms with E-state index in [2.05, 4.69) is 4.72 Å². The Labute approximate surface area is 226 Å². The molecule has 1 aromatic heterocycles. The van der Waals surface area contributed by atoms with Crippen LogP contribution >= 0.6 is 0 Å². The van der Waals surface area contributed by atoms with Crippen LogP contribution in [0.2, 0.25) is 0 Å². The third-order valence-corrected chi connectivity index (χ3v) is 8.20. The van der Waals surface area contributed by atoms with Crippen molar-refractivity contribution in [2.75, 3.05) is 11.3 Å². The molecule has 0 aliphatic carbocycles. The van der Waals surface area contributed by atoms with E-state index in [9.17, 15) is 13.5 Å². The number of nitrogens with zero attached hydrogens (tertiary/aromatic N) is 1. The highest BCUT2D eigenvalue weighted by Crippen LogP contribution is 2.38. The van der Waals surface area contributed by atoms with Gasteiger partial charge in [0.2, 0.25) is 0 Å². The summed E-state index contributed by atoms with van der Waals surface area (Å²) in [4.78, 5) is 0.0734. The molecule has 0 fully saturated rings. The molecule has 5 aromatic rings. The number of anilines is 1. The molecule has 8 heteroatoms. The number of aryl methyl sites for hydroxylation is 1. The van der Waals surface area contributed by atoms with Crippen LogP contribution in [0.3, 0.4) is 0 Å². The van der Waals surface area contributed by atoms with Crippen LogP contribution in [-0.2, 0) is 23.0 Å². The highest BCUT2D eigenvalue weighted by atomic mass is 32.2. The quantitative estimate of drug-likeness (QED) is 0.196. The molecule has 0 saturated heterocycles. The predicted molar refractivity (Wildman–Crippen MR) is 154 cm³/mol. The second-order valence-corrected chi connectivity index (χ2v) is 11.0. The van der Waals surface area contributed by atoms with Crippen molar-refractivity contribution in [2.24, 2.45) is 0 Å². The first kappa shape index (κ1) is 26.3. The van der Waals surface area contributed by atoms with E-state index in [0.29, 0.717) is 29.7 Å². The summed E-state index contributed by atoms with van der Waals surface area (Å²) >= 11 is 0. The summed E-state index contributed by atoms with van der Waals surface area (Å²) in [5, 5.41) is 17.5. The van der Waals surface area contributed by atoms with E-state index >= 15 is 4.39 Å². The summed E-state index contributed by atoms with van der Waals surface area (Å²) < 4.78 is 47.0. The monoisotopic (exact) mass is 541 g/mol. The summed E-state index contributed by atoms with van der Waals surface area (Å²) in [5.74, 6) is -0.518. The van der Waals surface area contributed by atoms with Crippen molar-refractivity contribution < 1.29 is 17.9 Å². The fourth-order valence-electron chi connectivity index (χ4n) is 4.85. The fourth-order valence-corrected chi connectivity index (χ4v) is 5.95. The average Bonchev–Trinajstić information content (AvgIpc) is 3.21. The Morgan fingerprint density at radius 3 is 2.26 bits per heavy atom. The Balaban J connectivity index is 1.70. The molecular weight excluding hydrogens is 513 g/mol. The number of aliphatic hydroxyl groups is 1. The third-order valence-electron chi connectivity index (χ3n) is 6.82. The number of hydrogen-bond acceptors (Lipinski definition) is 4. The first-order chi connectivity index (χ1) is 18.8. The van der Waals surface area contributed by atoms with Gasteiger partial charge in [-0.25, -0.2) is 12.8 Å². The number of aliphatic hydroxyl groups excluding tert-OH is 1. The van der Waals surface area contributed by atoms with Gasteiger partial charge >= 0.3 is 0 Å². The molecule has 1 heterocycles. The Morgan fingerprint density at radius 2 is 1.59 bits per heavy atom. The van der Waals surface area contributed by atoms with E-state index in [1.807, 2.05) is 60.0 Å². The molecule has 3 N–H and O–H groups in total. The molecule has 0 radical (unpaired) electrons. The second-order valence-electron chi connectivity index (χ2n) is 9.34. The number of rotatable bonds is 9. The van der Waals surface area contributed by atoms with Gasteiger partial charge in [-0.15, -0.1) is 0 Å². The lowest BCUT2D eigenvalue weighted by atomic mass is 10.0. The molecule has 39 heavy (non-hydrogen) atoms. The van der Waals surface area contributed by atoms with Crippen molar-refractivity contribution in [3.8, 4) is 11.3 Å². The van der Waals surface area contributed by atoms with Crippen molar-refractivity contribution >= 4 is 32.8 Å². The minimum Gasteiger partial charge on any atom is -0.396 e. The lowest BCUT2D eigenvalue weighted by Gasteiger charge is -2.14. The van der Waals surface area contributed by atoms with E-state index in [1.165, 1.54) is 12.1 Å². The number of sulfonamides is 1. The van der Waals surface area contributed by atoms with Crippen LogP contribution in [0.5, 0.6) is 0 Å². The van der Waals surface area contributed by atoms with Gasteiger partial charge in [0.05, 0.1) is 21.8 Å². The van der Waals surface area contributed by atoms with Gasteiger partial charge < -0.3 is 15.1 Å². The molecule has 0 amide bonds. The standard InChI is InChI=1S/C31H28FN3O3S/c1-21-7-5-6-10-25(21)31-30(32)29-26(19-33)27(34-39(37,38)24-8-3-2-4-9-24)15-16-28(29)35(31)20-23-13-11-22(12-14-23)17-18-36/h2-16,19,33-34,36H,17-18,20H2,1H3. The van der Waals surface area contributed by atoms with Gasteiger partial charge in [-0.3, -0.25) is 4.72 Å². The highest BCUT2D eigenvalue weighted by Gasteiger charge is 2.25. The van der Waals surface area contributed by atoms with E-state index in [-0.39, 0.29) is 28.1 Å². The maximum Gasteiger partial charge on any atom is 0.261 e. The number of hydrogen-bond donors (Lipinski definition) is 3. The Hall–Kier alpha value is -4.27. The van der Waals surface area contributed by atoms with Gasteiger partial charge in [0.25, 0.3) is 10.0 Å². The van der Waals surface area contributed by atoms with Crippen molar-refractivity contribution in [3.63, 3.8) is 0 Å². The first-order valence-electron chi connectivity index (χ1n) is 12.5. The van der Waals surface area contributed by atoms with Crippen molar-refractivity contribution in [3.05, 3.63) is 119 Å². The number of fused-ring (bicyclic) bond motifs is 1. The van der Waals surface area contributed by atoms with Gasteiger partial charge in [0.1, 0.15) is 0 Å². The molecule has 0 spiro atoms. The summed E-state index contributed by atoms with van der Waals surface area (Å²) in [6, 6.07) is 26.5. The van der Waals surface area contributed by atoms with E-state index in [4.69, 9.17) is 5.41 Å². The summed E-state index contributed by atoms with van der Waals surface area (Å²) in [6.45, 7) is 2.33. The van der Waals surface area contributed by atoms with Gasteiger partial charge in [0.15, 0.2) is 5.82 Å². The van der Waals surface area contributed by atoms with E-state index < -0.39 is 15.8 Å². The maximum atomic E-state index is 16.5. The van der Waals surface area contributed by atoms with Crippen molar-refractivity contribution in [1.29, 1.82) is 5.41 Å². The van der Waals surface area contributed by atoms with Crippen LogP contribution in [0.25, 0.3) is 22.2 Å². The minimum atomic E-state index is -3.95. The Morgan fingerprint density at radius 1 is 0.923 bits per heavy atom. The normalized spacial score (nSPS) is 11.6. The molecule has 198 valence electrons. The van der Waals surface area contributed by atoms with Crippen LogP contribution in [0.1, 0.15) is 22.3 Å². The summed E-state index contributed by atoms with van der Waals surface area (Å²) in [5.41, 5.74) is 4.74. The zero-order valence-electron chi connectivity index (χ0n) is 21.4. The molecule has 0 unspecified atom stereocenters. The molecule has 5 rings (SSSR count). The zero-order valence-corrected chi connectivity index (χ0v) is 22.2. The highest BCUT2D eigenvalue weighted by molar-refractivity contribution is 7.92. The molecule has 4 aromatic carbocycles. The van der Waals surface area contributed by atoms with Crippen LogP contribution < -0.4 is 4.72 Å². The fraction of sp³-hybridized carbons (Fsp3) is 0.129. The molecule has 0 aliphatic rings. The summed E-state index contributed by atoms with van der Waals surface area (Å²) in [7, 11) is -3.95. The first-order valence-corrected chi connectivity index (χ1v) is 14.0. The lowest BCUT2D eigenvalue weighted by molar-refractivity contribution is 0.299.